The summed E-state index contributed by atoms with van der Waals surface area (Å²) in [5.74, 6) is 1.03. The molecule has 0 saturated heterocycles. The summed E-state index contributed by atoms with van der Waals surface area (Å²) in [4.78, 5) is 29.5. The lowest BCUT2D eigenvalue weighted by atomic mass is 9.99. The highest BCUT2D eigenvalue weighted by Gasteiger charge is 2.26. The van der Waals surface area contributed by atoms with Gasteiger partial charge in [-0.2, -0.15) is 0 Å². The van der Waals surface area contributed by atoms with Crippen LogP contribution >= 0.6 is 0 Å². The maximum absolute atomic E-state index is 12.9. The molecule has 0 bridgehead atoms. The first-order chi connectivity index (χ1) is 14.4. The maximum atomic E-state index is 12.9. The Morgan fingerprint density at radius 1 is 1.23 bits per heavy atom. The molecule has 1 fully saturated rings. The van der Waals surface area contributed by atoms with Crippen molar-refractivity contribution in [2.45, 2.75) is 25.4 Å². The summed E-state index contributed by atoms with van der Waals surface area (Å²) in [5.41, 5.74) is 2.28. The maximum Gasteiger partial charge on any atom is 0.407 e. The van der Waals surface area contributed by atoms with Crippen LogP contribution in [0.1, 0.15) is 24.4 Å². The number of methoxy groups -OCH3 is 2. The lowest BCUT2D eigenvalue weighted by Crippen LogP contribution is -2.24. The number of benzene rings is 1. The fourth-order valence-electron chi connectivity index (χ4n) is 3.66. The van der Waals surface area contributed by atoms with Gasteiger partial charge in [0.05, 0.1) is 31.7 Å². The Hall–Kier alpha value is -3.55. The number of carboxylic acid groups (broad SMARTS) is 1. The number of pyridine rings is 2. The van der Waals surface area contributed by atoms with Crippen molar-refractivity contribution in [3.05, 3.63) is 52.7 Å². The number of ether oxygens (including phenoxy) is 2. The zero-order valence-corrected chi connectivity index (χ0v) is 17.1. The van der Waals surface area contributed by atoms with Crippen LogP contribution in [0.3, 0.4) is 0 Å². The van der Waals surface area contributed by atoms with Crippen LogP contribution in [0.15, 0.2) is 41.6 Å². The first-order valence-electron chi connectivity index (χ1n) is 9.62. The molecule has 3 aromatic rings. The van der Waals surface area contributed by atoms with Gasteiger partial charge in [-0.15, -0.1) is 0 Å². The molecular weight excluding hydrogens is 386 g/mol. The number of nitrogens with zero attached hydrogens (tertiary/aromatic N) is 3. The van der Waals surface area contributed by atoms with E-state index in [4.69, 9.17) is 9.47 Å². The van der Waals surface area contributed by atoms with Gasteiger partial charge in [0.15, 0.2) is 0 Å². The number of hydrogen-bond donors (Lipinski definition) is 1. The van der Waals surface area contributed by atoms with Gasteiger partial charge in [-0.05, 0) is 42.0 Å². The minimum Gasteiger partial charge on any atom is -0.496 e. The average Bonchev–Trinajstić information content (AvgIpc) is 3.59. The largest absolute Gasteiger partial charge is 0.496 e. The molecule has 1 amide bonds. The molecule has 1 aromatic carbocycles. The lowest BCUT2D eigenvalue weighted by Gasteiger charge is -2.20. The molecule has 4 rings (SSSR count). The van der Waals surface area contributed by atoms with Crippen molar-refractivity contribution in [2.24, 2.45) is 0 Å². The van der Waals surface area contributed by atoms with Gasteiger partial charge in [0.1, 0.15) is 11.5 Å². The van der Waals surface area contributed by atoms with Crippen molar-refractivity contribution >= 4 is 16.9 Å². The van der Waals surface area contributed by atoms with E-state index in [1.54, 1.807) is 17.0 Å². The number of carbonyl (C=O) groups is 1. The second-order valence-corrected chi connectivity index (χ2v) is 7.41. The van der Waals surface area contributed by atoms with Crippen LogP contribution in [-0.4, -0.2) is 46.9 Å². The van der Waals surface area contributed by atoms with E-state index in [0.717, 1.165) is 34.3 Å². The molecule has 0 unspecified atom stereocenters. The summed E-state index contributed by atoms with van der Waals surface area (Å²) >= 11 is 0. The molecule has 1 aliphatic rings. The molecule has 0 radical (unpaired) electrons. The van der Waals surface area contributed by atoms with Crippen molar-refractivity contribution in [3.63, 3.8) is 0 Å². The van der Waals surface area contributed by atoms with Crippen LogP contribution in [-0.2, 0) is 6.54 Å². The Kier molecular flexibility index (Phi) is 5.07. The van der Waals surface area contributed by atoms with E-state index in [2.05, 4.69) is 4.98 Å². The van der Waals surface area contributed by atoms with Crippen molar-refractivity contribution < 1.29 is 19.4 Å². The second-order valence-electron chi connectivity index (χ2n) is 7.41. The molecular formula is C22H23N3O5. The number of amides is 1. The zero-order valence-electron chi connectivity index (χ0n) is 17.1. The molecule has 8 heteroatoms. The van der Waals surface area contributed by atoms with E-state index < -0.39 is 6.09 Å². The third-order valence-corrected chi connectivity index (χ3v) is 5.43. The highest BCUT2D eigenvalue weighted by Crippen LogP contribution is 2.40. The average molecular weight is 409 g/mol. The molecule has 2 aromatic heterocycles. The molecule has 8 nitrogen and oxygen atoms in total. The van der Waals surface area contributed by atoms with Crippen molar-refractivity contribution in [3.8, 4) is 22.6 Å². The van der Waals surface area contributed by atoms with Crippen molar-refractivity contribution in [1.82, 2.24) is 14.5 Å². The summed E-state index contributed by atoms with van der Waals surface area (Å²) in [6.45, 7) is 0.119. The predicted octanol–water partition coefficient (Wildman–Crippen LogP) is 3.53. The molecule has 1 aliphatic carbocycles. The van der Waals surface area contributed by atoms with Gasteiger partial charge in [0, 0.05) is 37.2 Å². The van der Waals surface area contributed by atoms with E-state index in [1.807, 2.05) is 24.4 Å². The number of aromatic nitrogens is 2. The smallest absolute Gasteiger partial charge is 0.407 e. The second kappa shape index (κ2) is 7.70. The quantitative estimate of drug-likeness (QED) is 0.669. The van der Waals surface area contributed by atoms with Crippen LogP contribution < -0.4 is 15.0 Å². The third-order valence-electron chi connectivity index (χ3n) is 5.43. The summed E-state index contributed by atoms with van der Waals surface area (Å²) in [6.07, 6.45) is 6.08. The van der Waals surface area contributed by atoms with E-state index in [9.17, 15) is 14.7 Å². The molecule has 0 spiro atoms. The summed E-state index contributed by atoms with van der Waals surface area (Å²) < 4.78 is 12.9. The highest BCUT2D eigenvalue weighted by molar-refractivity contribution is 5.96. The summed E-state index contributed by atoms with van der Waals surface area (Å²) in [6, 6.07) is 5.75. The third kappa shape index (κ3) is 3.45. The zero-order chi connectivity index (χ0) is 21.4. The van der Waals surface area contributed by atoms with Crippen LogP contribution in [0.4, 0.5) is 4.79 Å². The van der Waals surface area contributed by atoms with Crippen molar-refractivity contribution in [1.29, 1.82) is 0 Å². The molecule has 2 heterocycles. The van der Waals surface area contributed by atoms with Gasteiger partial charge in [0.2, 0.25) is 0 Å². The number of fused-ring (bicyclic) bond motifs is 1. The molecule has 1 saturated carbocycles. The first kappa shape index (κ1) is 19.8. The van der Waals surface area contributed by atoms with Crippen molar-refractivity contribution in [2.75, 3.05) is 21.3 Å². The molecule has 156 valence electrons. The Labute approximate surface area is 173 Å². The molecule has 30 heavy (non-hydrogen) atoms. The summed E-state index contributed by atoms with van der Waals surface area (Å²) in [7, 11) is 4.56. The van der Waals surface area contributed by atoms with Gasteiger partial charge in [-0.3, -0.25) is 9.78 Å². The highest BCUT2D eigenvalue weighted by atomic mass is 16.5. The van der Waals surface area contributed by atoms with Gasteiger partial charge < -0.3 is 24.0 Å². The van der Waals surface area contributed by atoms with E-state index >= 15 is 0 Å². The first-order valence-corrected chi connectivity index (χ1v) is 9.62. The Balaban J connectivity index is 1.93. The van der Waals surface area contributed by atoms with Crippen LogP contribution in [0.25, 0.3) is 21.9 Å². The normalized spacial score (nSPS) is 13.3. The van der Waals surface area contributed by atoms with Gasteiger partial charge in [-0.25, -0.2) is 4.79 Å². The molecule has 0 aliphatic heterocycles. The SMILES string of the molecule is COc1cc(-c2cn(C3CC3)c(=O)c3cnccc23)cc(OC)c1CN(C)C(=O)O. The Bertz CT molecular complexity index is 1160. The predicted molar refractivity (Wildman–Crippen MR) is 112 cm³/mol. The Morgan fingerprint density at radius 2 is 1.90 bits per heavy atom. The van der Waals surface area contributed by atoms with E-state index in [1.165, 1.54) is 21.3 Å². The van der Waals surface area contributed by atoms with Crippen LogP contribution in [0.5, 0.6) is 11.5 Å². The fourth-order valence-corrected chi connectivity index (χ4v) is 3.66. The van der Waals surface area contributed by atoms with Gasteiger partial charge in [-0.1, -0.05) is 0 Å². The minimum absolute atomic E-state index is 0.0389. The molecule has 1 N–H and O–H groups in total. The topological polar surface area (TPSA) is 93.9 Å². The van der Waals surface area contributed by atoms with Crippen LogP contribution in [0, 0.1) is 0 Å². The number of hydrogen-bond acceptors (Lipinski definition) is 5. The van der Waals surface area contributed by atoms with E-state index in [0.29, 0.717) is 22.4 Å². The standard InChI is InChI=1S/C22H23N3O5/c1-24(22(27)28)11-18-19(29-2)8-13(9-20(18)30-3)17-12-25(14-4-5-14)21(26)16-10-23-7-6-15(16)17/h6-10,12,14H,4-5,11H2,1-3H3,(H,27,28). The lowest BCUT2D eigenvalue weighted by molar-refractivity contribution is 0.153. The number of rotatable bonds is 6. The minimum atomic E-state index is -1.04. The van der Waals surface area contributed by atoms with Gasteiger partial charge in [0.25, 0.3) is 5.56 Å². The monoisotopic (exact) mass is 409 g/mol. The van der Waals surface area contributed by atoms with Gasteiger partial charge >= 0.3 is 6.09 Å². The van der Waals surface area contributed by atoms with Crippen LogP contribution in [0.2, 0.25) is 0 Å². The van der Waals surface area contributed by atoms with E-state index in [-0.39, 0.29) is 18.1 Å². The fraction of sp³-hybridized carbons (Fsp3) is 0.318. The molecule has 0 atom stereocenters. The Morgan fingerprint density at radius 3 is 2.47 bits per heavy atom. The summed E-state index contributed by atoms with van der Waals surface area (Å²) in [5, 5.41) is 10.6.